The molecule has 9 nitrogen and oxygen atoms in total. The molecule has 2 atom stereocenters. The fourth-order valence-electron chi connectivity index (χ4n) is 6.42. The molecule has 0 spiro atoms. The zero-order chi connectivity index (χ0) is 34.9. The molecular weight excluding hydrogens is 630 g/mol. The first kappa shape index (κ1) is 34.8. The summed E-state index contributed by atoms with van der Waals surface area (Å²) in [4.78, 5) is 45.6. The predicted molar refractivity (Wildman–Crippen MR) is 172 cm³/mol. The van der Waals surface area contributed by atoms with E-state index in [0.29, 0.717) is 17.3 Å². The lowest BCUT2D eigenvalue weighted by Gasteiger charge is -2.34. The molecule has 4 heterocycles. The van der Waals surface area contributed by atoms with Gasteiger partial charge in [-0.15, -0.1) is 0 Å². The molecule has 0 unspecified atom stereocenters. The van der Waals surface area contributed by atoms with Crippen molar-refractivity contribution in [1.82, 2.24) is 24.2 Å². The lowest BCUT2D eigenvalue weighted by molar-refractivity contribution is -0.139. The topological polar surface area (TPSA) is 109 Å². The van der Waals surface area contributed by atoms with Gasteiger partial charge in [-0.1, -0.05) is 32.0 Å². The number of alkyl halides is 4. The van der Waals surface area contributed by atoms with E-state index in [9.17, 15) is 37.1 Å². The second-order valence-corrected chi connectivity index (χ2v) is 13.0. The molecule has 1 aliphatic rings. The number of hydrogen-bond donors (Lipinski definition) is 2. The molecule has 1 amide bonds. The van der Waals surface area contributed by atoms with Crippen LogP contribution in [0.3, 0.4) is 0 Å². The first-order valence-corrected chi connectivity index (χ1v) is 15.9. The molecule has 0 radical (unpaired) electrons. The summed E-state index contributed by atoms with van der Waals surface area (Å²) in [5, 5.41) is 12.7. The van der Waals surface area contributed by atoms with Crippen LogP contribution in [0.2, 0.25) is 0 Å². The van der Waals surface area contributed by atoms with Crippen molar-refractivity contribution in [2.75, 3.05) is 19.6 Å². The Morgan fingerprint density at radius 3 is 2.40 bits per heavy atom. The van der Waals surface area contributed by atoms with Gasteiger partial charge in [-0.25, -0.2) is 9.37 Å². The Hall–Kier alpha value is -4.52. The number of carboxylic acid groups (broad SMARTS) is 1. The smallest absolute Gasteiger partial charge is 0.416 e. The van der Waals surface area contributed by atoms with Gasteiger partial charge in [0.15, 0.2) is 0 Å². The molecule has 2 N–H and O–H groups in total. The number of pyridine rings is 2. The molecular formula is C35H39F4N5O4. The monoisotopic (exact) mass is 669 g/mol. The number of benzene rings is 1. The van der Waals surface area contributed by atoms with Gasteiger partial charge >= 0.3 is 12.1 Å². The number of imidazole rings is 1. The Bertz CT molecular complexity index is 1860. The van der Waals surface area contributed by atoms with Crippen LogP contribution in [0.25, 0.3) is 16.8 Å². The molecule has 13 heteroatoms. The molecule has 1 saturated heterocycles. The summed E-state index contributed by atoms with van der Waals surface area (Å²) in [6, 6.07) is 5.86. The minimum atomic E-state index is -4.81. The van der Waals surface area contributed by atoms with Crippen LogP contribution in [0.5, 0.6) is 0 Å². The Morgan fingerprint density at radius 1 is 1.10 bits per heavy atom. The second-order valence-electron chi connectivity index (χ2n) is 13.0. The van der Waals surface area contributed by atoms with Gasteiger partial charge in [-0.3, -0.25) is 19.3 Å². The quantitative estimate of drug-likeness (QED) is 0.182. The number of amides is 1. The summed E-state index contributed by atoms with van der Waals surface area (Å²) in [6.45, 7) is 7.94. The first-order valence-electron chi connectivity index (χ1n) is 15.9. The normalized spacial score (nSPS) is 15.4. The number of carboxylic acids is 1. The van der Waals surface area contributed by atoms with Crippen molar-refractivity contribution in [3.63, 3.8) is 0 Å². The van der Waals surface area contributed by atoms with Crippen LogP contribution in [0.15, 0.2) is 59.9 Å². The summed E-state index contributed by atoms with van der Waals surface area (Å²) in [7, 11) is 0. The number of halogens is 4. The van der Waals surface area contributed by atoms with Crippen molar-refractivity contribution in [3.05, 3.63) is 93.3 Å². The minimum absolute atomic E-state index is 0.0974. The van der Waals surface area contributed by atoms with Gasteiger partial charge in [0.05, 0.1) is 18.0 Å². The van der Waals surface area contributed by atoms with Crippen LogP contribution in [0.1, 0.15) is 66.6 Å². The molecule has 1 fully saturated rings. The van der Waals surface area contributed by atoms with Crippen LogP contribution in [-0.4, -0.2) is 61.6 Å². The molecule has 1 aliphatic heterocycles. The van der Waals surface area contributed by atoms with Crippen molar-refractivity contribution < 1.29 is 32.3 Å². The summed E-state index contributed by atoms with van der Waals surface area (Å²) in [6.07, 6.45) is -0.243. The third-order valence-electron chi connectivity index (χ3n) is 8.77. The fourth-order valence-corrected chi connectivity index (χ4v) is 6.42. The Morgan fingerprint density at radius 2 is 1.79 bits per heavy atom. The predicted octanol–water partition coefficient (Wildman–Crippen LogP) is 5.91. The number of carbonyl (C=O) groups excluding carboxylic acids is 1. The number of nitrogens with one attached hydrogen (secondary N) is 1. The first-order chi connectivity index (χ1) is 22.6. The van der Waals surface area contributed by atoms with E-state index in [1.165, 1.54) is 0 Å². The Labute approximate surface area is 275 Å². The maximum absolute atomic E-state index is 14.1. The minimum Gasteiger partial charge on any atom is -0.481 e. The molecule has 48 heavy (non-hydrogen) atoms. The molecule has 256 valence electrons. The van der Waals surface area contributed by atoms with E-state index >= 15 is 0 Å². The largest absolute Gasteiger partial charge is 0.481 e. The third-order valence-corrected chi connectivity index (χ3v) is 8.77. The number of rotatable bonds is 12. The van der Waals surface area contributed by atoms with Crippen molar-refractivity contribution in [2.45, 2.75) is 71.4 Å². The van der Waals surface area contributed by atoms with Crippen LogP contribution < -0.4 is 10.9 Å². The second kappa shape index (κ2) is 13.9. The third kappa shape index (κ3) is 7.61. The number of nitrogens with zero attached hydrogens (tertiary/aromatic N) is 4. The number of hydrogen-bond acceptors (Lipinski definition) is 5. The van der Waals surface area contributed by atoms with Gasteiger partial charge in [0, 0.05) is 56.1 Å². The van der Waals surface area contributed by atoms with Crippen LogP contribution in [0.4, 0.5) is 17.6 Å². The zero-order valence-electron chi connectivity index (χ0n) is 27.2. The van der Waals surface area contributed by atoms with E-state index in [1.54, 1.807) is 34.0 Å². The van der Waals surface area contributed by atoms with Gasteiger partial charge in [-0.05, 0) is 66.5 Å². The van der Waals surface area contributed by atoms with Crippen molar-refractivity contribution >= 4 is 17.5 Å². The fraction of sp³-hybridized carbons (Fsp3) is 0.429. The van der Waals surface area contributed by atoms with Crippen molar-refractivity contribution in [3.8, 4) is 11.1 Å². The highest BCUT2D eigenvalue weighted by Gasteiger charge is 2.36. The summed E-state index contributed by atoms with van der Waals surface area (Å²) < 4.78 is 58.2. The average molecular weight is 670 g/mol. The summed E-state index contributed by atoms with van der Waals surface area (Å²) in [5.74, 6) is -2.04. The Kier molecular flexibility index (Phi) is 10.1. The van der Waals surface area contributed by atoms with Gasteiger partial charge in [0.25, 0.3) is 5.56 Å². The summed E-state index contributed by atoms with van der Waals surface area (Å²) in [5.41, 5.74) is 2.42. The molecule has 0 bridgehead atoms. The lowest BCUT2D eigenvalue weighted by Crippen LogP contribution is -2.49. The molecule has 0 saturated carbocycles. The number of aromatic nitrogens is 3. The zero-order valence-corrected chi connectivity index (χ0v) is 27.2. The van der Waals surface area contributed by atoms with Crippen molar-refractivity contribution in [2.24, 2.45) is 5.92 Å². The van der Waals surface area contributed by atoms with E-state index in [2.05, 4.69) is 10.3 Å². The lowest BCUT2D eigenvalue weighted by atomic mass is 9.93. The maximum atomic E-state index is 14.1. The van der Waals surface area contributed by atoms with Crippen LogP contribution in [0, 0.1) is 19.8 Å². The van der Waals surface area contributed by atoms with Gasteiger partial charge in [0.2, 0.25) is 5.91 Å². The number of likely N-dealkylation sites (tertiary alicyclic amines) is 1. The molecule has 1 aromatic carbocycles. The van der Waals surface area contributed by atoms with E-state index in [-0.39, 0.29) is 44.0 Å². The van der Waals surface area contributed by atoms with Gasteiger partial charge in [0.1, 0.15) is 17.9 Å². The van der Waals surface area contributed by atoms with Crippen LogP contribution in [-0.2, 0) is 22.2 Å². The highest BCUT2D eigenvalue weighted by Crippen LogP contribution is 2.35. The number of aliphatic carboxylic acids is 1. The SMILES string of the molecule is Cc1cccc(C)c1-c1cc([C@H](CC(=O)O)NC(=O)[C@H](CC(C)C)n2cc(CCN3CC(F)C3)c(C(F)(F)F)cc2=O)cn2ccnc12. The molecule has 3 aromatic heterocycles. The van der Waals surface area contributed by atoms with Gasteiger partial charge < -0.3 is 19.4 Å². The number of aryl methyl sites for hydroxylation is 2. The Balaban J connectivity index is 1.54. The highest BCUT2D eigenvalue weighted by molar-refractivity contribution is 5.84. The van der Waals surface area contributed by atoms with E-state index in [0.717, 1.165) is 33.0 Å². The van der Waals surface area contributed by atoms with Crippen molar-refractivity contribution in [1.29, 1.82) is 0 Å². The van der Waals surface area contributed by atoms with Crippen LogP contribution >= 0.6 is 0 Å². The van der Waals surface area contributed by atoms with Gasteiger partial charge in [-0.2, -0.15) is 13.2 Å². The molecule has 4 aromatic rings. The average Bonchev–Trinajstić information content (AvgIpc) is 3.46. The van der Waals surface area contributed by atoms with E-state index < -0.39 is 53.9 Å². The number of fused-ring (bicyclic) bond motifs is 1. The highest BCUT2D eigenvalue weighted by atomic mass is 19.4. The van der Waals surface area contributed by atoms with E-state index in [1.807, 2.05) is 45.9 Å². The standard InChI is InChI=1S/C35H39F4N5O4/c1-20(2)12-29(44-17-23(8-10-42-18-25(36)19-42)27(14-30(44)45)35(37,38)39)34(48)41-28(15-31(46)47)24-13-26(33-40-9-11-43(33)16-24)32-21(3)6-5-7-22(32)4/h5-7,9,11,13-14,16-17,20,25,28-29H,8,10,12,15,18-19H2,1-4H3,(H,41,48)(H,46,47)/t28-,29-/m0/s1. The number of carbonyl (C=O) groups is 2. The summed E-state index contributed by atoms with van der Waals surface area (Å²) >= 11 is 0. The van der Waals surface area contributed by atoms with E-state index in [4.69, 9.17) is 0 Å². The molecule has 5 rings (SSSR count). The molecule has 0 aliphatic carbocycles. The maximum Gasteiger partial charge on any atom is 0.416 e.